The Hall–Kier alpha value is -2.55. The van der Waals surface area contributed by atoms with E-state index in [4.69, 9.17) is 0 Å². The molecule has 1 atom stereocenters. The molecule has 0 aliphatic carbocycles. The van der Waals surface area contributed by atoms with E-state index in [2.05, 4.69) is 85.1 Å². The summed E-state index contributed by atoms with van der Waals surface area (Å²) >= 11 is 0. The van der Waals surface area contributed by atoms with Crippen molar-refractivity contribution in [2.24, 2.45) is 13.0 Å². The Morgan fingerprint density at radius 2 is 1.86 bits per heavy atom. The number of carbonyl (C=O) groups excluding carboxylic acids is 1. The van der Waals surface area contributed by atoms with Gasteiger partial charge in [-0.25, -0.2) is 0 Å². The fraction of sp³-hybridized carbons (Fsp3) is 0.400. The van der Waals surface area contributed by atoms with E-state index in [0.717, 1.165) is 31.8 Å². The molecule has 2 aromatic carbocycles. The van der Waals surface area contributed by atoms with Gasteiger partial charge in [-0.05, 0) is 42.9 Å². The van der Waals surface area contributed by atoms with E-state index >= 15 is 0 Å². The van der Waals surface area contributed by atoms with Gasteiger partial charge in [0.25, 0.3) is 0 Å². The number of benzene rings is 2. The van der Waals surface area contributed by atoms with Crippen LogP contribution in [0.5, 0.6) is 0 Å². The number of nitrogens with zero attached hydrogens (tertiary/aromatic N) is 2. The number of aromatic nitrogens is 1. The molecule has 1 aliphatic rings. The summed E-state index contributed by atoms with van der Waals surface area (Å²) in [4.78, 5) is 15.3. The lowest BCUT2D eigenvalue weighted by atomic mass is 9.86. The lowest BCUT2D eigenvalue weighted by Crippen LogP contribution is -2.38. The maximum Gasteiger partial charge on any atom is 0.223 e. The molecule has 0 bridgehead atoms. The number of likely N-dealkylation sites (tertiary alicyclic amines) is 1. The summed E-state index contributed by atoms with van der Waals surface area (Å²) in [5.74, 6) is 1.10. The quantitative estimate of drug-likeness (QED) is 0.611. The zero-order valence-electron chi connectivity index (χ0n) is 17.2. The van der Waals surface area contributed by atoms with Crippen LogP contribution >= 0.6 is 0 Å². The summed E-state index contributed by atoms with van der Waals surface area (Å²) in [6.07, 6.45) is 4.99. The van der Waals surface area contributed by atoms with Crippen molar-refractivity contribution in [3.8, 4) is 0 Å². The van der Waals surface area contributed by atoms with Crippen molar-refractivity contribution in [3.05, 3.63) is 71.4 Å². The van der Waals surface area contributed by atoms with Crippen LogP contribution in [0.3, 0.4) is 0 Å². The van der Waals surface area contributed by atoms with Crippen LogP contribution in [0.25, 0.3) is 10.9 Å². The zero-order chi connectivity index (χ0) is 19.7. The number of rotatable bonds is 4. The first-order valence-electron chi connectivity index (χ1n) is 10.4. The summed E-state index contributed by atoms with van der Waals surface area (Å²) in [6, 6.07) is 17.1. The van der Waals surface area contributed by atoms with Gasteiger partial charge in [0.1, 0.15) is 0 Å². The minimum Gasteiger partial charge on any atom is -0.350 e. The fourth-order valence-electron chi connectivity index (χ4n) is 4.51. The Bertz CT molecular complexity index is 979. The van der Waals surface area contributed by atoms with E-state index in [-0.39, 0.29) is 11.8 Å². The normalized spacial score (nSPS) is 16.5. The molecule has 0 radical (unpaired) electrons. The molecular weight excluding hydrogens is 344 g/mol. The first kappa shape index (κ1) is 18.8. The van der Waals surface area contributed by atoms with Gasteiger partial charge in [0.05, 0.1) is 0 Å². The lowest BCUT2D eigenvalue weighted by molar-refractivity contribution is -0.132. The highest BCUT2D eigenvalue weighted by molar-refractivity contribution is 5.86. The molecule has 146 valence electrons. The van der Waals surface area contributed by atoms with Crippen LogP contribution in [0.1, 0.15) is 48.8 Å². The summed E-state index contributed by atoms with van der Waals surface area (Å²) in [7, 11) is 2.09. The summed E-state index contributed by atoms with van der Waals surface area (Å²) in [5, 5.41) is 1.25. The third-order valence-electron chi connectivity index (χ3n) is 6.26. The van der Waals surface area contributed by atoms with Crippen molar-refractivity contribution in [3.63, 3.8) is 0 Å². The predicted molar refractivity (Wildman–Crippen MR) is 116 cm³/mol. The van der Waals surface area contributed by atoms with Crippen molar-refractivity contribution in [2.45, 2.75) is 39.0 Å². The van der Waals surface area contributed by atoms with E-state index in [1.54, 1.807) is 0 Å². The summed E-state index contributed by atoms with van der Waals surface area (Å²) < 4.78 is 2.18. The van der Waals surface area contributed by atoms with Gasteiger partial charge in [-0.1, -0.05) is 55.0 Å². The van der Waals surface area contributed by atoms with E-state index in [1.165, 1.54) is 27.6 Å². The molecule has 1 amide bonds. The van der Waals surface area contributed by atoms with Crippen molar-refractivity contribution in [2.75, 3.05) is 13.1 Å². The second-order valence-corrected chi connectivity index (χ2v) is 8.45. The van der Waals surface area contributed by atoms with Crippen molar-refractivity contribution in [1.82, 2.24) is 9.47 Å². The first-order valence-corrected chi connectivity index (χ1v) is 10.4. The predicted octanol–water partition coefficient (Wildman–Crippen LogP) is 5.27. The molecule has 0 saturated carbocycles. The average Bonchev–Trinajstić information content (AvgIpc) is 3.03. The van der Waals surface area contributed by atoms with Crippen LogP contribution in [0.15, 0.2) is 54.7 Å². The minimum absolute atomic E-state index is 0.0813. The summed E-state index contributed by atoms with van der Waals surface area (Å²) in [5.41, 5.74) is 4.94. The Labute approximate surface area is 168 Å². The molecule has 2 heterocycles. The second kappa shape index (κ2) is 7.83. The van der Waals surface area contributed by atoms with Crippen molar-refractivity contribution in [1.29, 1.82) is 0 Å². The number of hydrogen-bond acceptors (Lipinski definition) is 1. The maximum atomic E-state index is 13.2. The first-order chi connectivity index (χ1) is 13.5. The van der Waals surface area contributed by atoms with Gasteiger partial charge in [0, 0.05) is 49.6 Å². The maximum absolute atomic E-state index is 13.2. The van der Waals surface area contributed by atoms with Gasteiger partial charge < -0.3 is 9.47 Å². The highest BCUT2D eigenvalue weighted by Gasteiger charge is 2.26. The van der Waals surface area contributed by atoms with Gasteiger partial charge >= 0.3 is 0 Å². The number of carbonyl (C=O) groups is 1. The molecule has 28 heavy (non-hydrogen) atoms. The standard InChI is InChI=1S/C25H30N2O/c1-18-11-13-27(14-12-18)25(28)16-22(20-8-6-7-19(2)15-20)23-17-26(3)24-10-5-4-9-21(23)24/h4-10,15,17-18,22H,11-14,16H2,1-3H3. The van der Waals surface area contributed by atoms with Crippen LogP contribution in [0, 0.1) is 12.8 Å². The number of hydrogen-bond donors (Lipinski definition) is 0. The van der Waals surface area contributed by atoms with Crippen LogP contribution in [0.2, 0.25) is 0 Å². The van der Waals surface area contributed by atoms with E-state index in [9.17, 15) is 4.79 Å². The van der Waals surface area contributed by atoms with Crippen LogP contribution < -0.4 is 0 Å². The lowest BCUT2D eigenvalue weighted by Gasteiger charge is -2.31. The van der Waals surface area contributed by atoms with Crippen molar-refractivity contribution >= 4 is 16.8 Å². The molecule has 3 aromatic rings. The zero-order valence-corrected chi connectivity index (χ0v) is 17.2. The van der Waals surface area contributed by atoms with Crippen molar-refractivity contribution < 1.29 is 4.79 Å². The molecule has 4 rings (SSSR count). The number of amides is 1. The van der Waals surface area contributed by atoms with Gasteiger partial charge in [-0.3, -0.25) is 4.79 Å². The number of fused-ring (bicyclic) bond motifs is 1. The molecule has 0 spiro atoms. The Kier molecular flexibility index (Phi) is 5.25. The highest BCUT2D eigenvalue weighted by atomic mass is 16.2. The molecule has 1 aromatic heterocycles. The fourth-order valence-corrected chi connectivity index (χ4v) is 4.51. The number of piperidine rings is 1. The summed E-state index contributed by atoms with van der Waals surface area (Å²) in [6.45, 7) is 6.21. The largest absolute Gasteiger partial charge is 0.350 e. The molecule has 1 aliphatic heterocycles. The monoisotopic (exact) mass is 374 g/mol. The molecule has 1 fully saturated rings. The van der Waals surface area contributed by atoms with Crippen LogP contribution in [0.4, 0.5) is 0 Å². The van der Waals surface area contributed by atoms with Crippen LogP contribution in [-0.2, 0) is 11.8 Å². The Morgan fingerprint density at radius 3 is 2.61 bits per heavy atom. The third kappa shape index (κ3) is 3.71. The molecule has 0 N–H and O–H groups in total. The smallest absolute Gasteiger partial charge is 0.223 e. The van der Waals surface area contributed by atoms with E-state index in [1.807, 2.05) is 0 Å². The number of para-hydroxylation sites is 1. The van der Waals surface area contributed by atoms with Gasteiger partial charge in [0.2, 0.25) is 5.91 Å². The topological polar surface area (TPSA) is 25.2 Å². The number of aryl methyl sites for hydroxylation is 2. The highest BCUT2D eigenvalue weighted by Crippen LogP contribution is 2.35. The van der Waals surface area contributed by atoms with Crippen LogP contribution in [-0.4, -0.2) is 28.5 Å². The van der Waals surface area contributed by atoms with E-state index in [0.29, 0.717) is 6.42 Å². The second-order valence-electron chi connectivity index (χ2n) is 8.45. The van der Waals surface area contributed by atoms with Gasteiger partial charge in [-0.2, -0.15) is 0 Å². The Morgan fingerprint density at radius 1 is 1.11 bits per heavy atom. The molecular formula is C25H30N2O. The average molecular weight is 375 g/mol. The van der Waals surface area contributed by atoms with E-state index < -0.39 is 0 Å². The molecule has 3 heteroatoms. The van der Waals surface area contributed by atoms with Gasteiger partial charge in [0.15, 0.2) is 0 Å². The molecule has 1 unspecified atom stereocenters. The van der Waals surface area contributed by atoms with Gasteiger partial charge in [-0.15, -0.1) is 0 Å². The molecule has 3 nitrogen and oxygen atoms in total. The molecule has 1 saturated heterocycles. The minimum atomic E-state index is 0.0813. The third-order valence-corrected chi connectivity index (χ3v) is 6.26. The SMILES string of the molecule is Cc1cccc(C(CC(=O)N2CCC(C)CC2)c2cn(C)c3ccccc23)c1. The Balaban J connectivity index is 1.71.